The van der Waals surface area contributed by atoms with Gasteiger partial charge >= 0.3 is 0 Å². The fourth-order valence-electron chi connectivity index (χ4n) is 2.02. The summed E-state index contributed by atoms with van der Waals surface area (Å²) >= 11 is 0. The van der Waals surface area contributed by atoms with Crippen LogP contribution >= 0.6 is 0 Å². The van der Waals surface area contributed by atoms with Crippen molar-refractivity contribution >= 4 is 5.69 Å². The molecule has 0 aliphatic heterocycles. The number of aromatic hydroxyl groups is 1. The molecular weight excluding hydrogens is 274 g/mol. The molecule has 0 aliphatic rings. The molecule has 2 aromatic rings. The molecule has 0 aromatic heterocycles. The van der Waals surface area contributed by atoms with Crippen molar-refractivity contribution in [2.24, 2.45) is 0 Å². The summed E-state index contributed by atoms with van der Waals surface area (Å²) in [5.74, 6) is -2.84. The number of benzene rings is 2. The first-order chi connectivity index (χ1) is 9.95. The molecule has 2 N–H and O–H groups in total. The van der Waals surface area contributed by atoms with Crippen LogP contribution in [-0.4, -0.2) is 24.1 Å². The van der Waals surface area contributed by atoms with Crippen LogP contribution in [0, 0.1) is 11.6 Å². The molecular formula is C16H18F2N2O. The Kier molecular flexibility index (Phi) is 4.75. The number of anilines is 1. The summed E-state index contributed by atoms with van der Waals surface area (Å²) in [6, 6.07) is 10.1. The van der Waals surface area contributed by atoms with Gasteiger partial charge in [0.15, 0.2) is 17.4 Å². The second kappa shape index (κ2) is 6.54. The number of nitrogens with zero attached hydrogens (tertiary/aromatic N) is 1. The predicted octanol–water partition coefficient (Wildman–Crippen LogP) is 3.34. The molecule has 0 atom stereocenters. The zero-order valence-electron chi connectivity index (χ0n) is 12.0. The Labute approximate surface area is 122 Å². The molecule has 0 amide bonds. The molecule has 2 aromatic carbocycles. The van der Waals surface area contributed by atoms with Crippen molar-refractivity contribution < 1.29 is 13.9 Å². The zero-order valence-corrected chi connectivity index (χ0v) is 12.0. The third kappa shape index (κ3) is 4.16. The number of rotatable bonds is 5. The maximum atomic E-state index is 13.2. The molecule has 0 heterocycles. The minimum atomic E-state index is -0.951. The molecule has 0 radical (unpaired) electrons. The normalized spacial score (nSPS) is 10.9. The van der Waals surface area contributed by atoms with Crippen molar-refractivity contribution in [2.45, 2.75) is 13.1 Å². The standard InChI is InChI=1S/C16H18F2N2O/c1-20(2)10-11-3-5-13(6-4-11)19-9-12-7-14(17)16(21)15(18)8-12/h3-8,19,21H,9-10H2,1-2H3. The van der Waals surface area contributed by atoms with Crippen LogP contribution in [0.2, 0.25) is 0 Å². The number of nitrogens with one attached hydrogen (secondary N) is 1. The summed E-state index contributed by atoms with van der Waals surface area (Å²) in [6.45, 7) is 1.13. The van der Waals surface area contributed by atoms with Crippen molar-refractivity contribution in [2.75, 3.05) is 19.4 Å². The van der Waals surface area contributed by atoms with E-state index in [1.54, 1.807) is 0 Å². The summed E-state index contributed by atoms with van der Waals surface area (Å²) in [7, 11) is 4.00. The van der Waals surface area contributed by atoms with Crippen molar-refractivity contribution in [3.63, 3.8) is 0 Å². The summed E-state index contributed by atoms with van der Waals surface area (Å²) < 4.78 is 26.4. The molecule has 0 spiro atoms. The van der Waals surface area contributed by atoms with E-state index < -0.39 is 17.4 Å². The molecule has 0 bridgehead atoms. The lowest BCUT2D eigenvalue weighted by Crippen LogP contribution is -2.10. The van der Waals surface area contributed by atoms with Crippen molar-refractivity contribution in [3.05, 3.63) is 59.2 Å². The Bertz CT molecular complexity index is 589. The van der Waals surface area contributed by atoms with Crippen molar-refractivity contribution in [1.29, 1.82) is 0 Å². The average Bonchev–Trinajstić information content (AvgIpc) is 2.43. The second-order valence-electron chi connectivity index (χ2n) is 5.20. The van der Waals surface area contributed by atoms with E-state index in [-0.39, 0.29) is 6.54 Å². The summed E-state index contributed by atoms with van der Waals surface area (Å²) in [4.78, 5) is 2.07. The molecule has 0 fully saturated rings. The smallest absolute Gasteiger partial charge is 0.187 e. The van der Waals surface area contributed by atoms with Crippen LogP contribution in [0.3, 0.4) is 0 Å². The van der Waals surface area contributed by atoms with Crippen molar-refractivity contribution in [1.82, 2.24) is 4.90 Å². The Hall–Kier alpha value is -2.14. The van der Waals surface area contributed by atoms with Gasteiger partial charge in [-0.25, -0.2) is 8.78 Å². The fourth-order valence-corrected chi connectivity index (χ4v) is 2.02. The van der Waals surface area contributed by atoms with E-state index in [2.05, 4.69) is 10.2 Å². The highest BCUT2D eigenvalue weighted by atomic mass is 19.1. The van der Waals surface area contributed by atoms with Gasteiger partial charge in [0.1, 0.15) is 0 Å². The lowest BCUT2D eigenvalue weighted by molar-refractivity contribution is 0.395. The Morgan fingerprint density at radius 2 is 1.57 bits per heavy atom. The van der Waals surface area contributed by atoms with E-state index in [1.165, 1.54) is 5.56 Å². The SMILES string of the molecule is CN(C)Cc1ccc(NCc2cc(F)c(O)c(F)c2)cc1. The van der Waals surface area contributed by atoms with Gasteiger partial charge in [-0.2, -0.15) is 0 Å². The molecule has 5 heteroatoms. The lowest BCUT2D eigenvalue weighted by Gasteiger charge is -2.11. The van der Waals surface area contributed by atoms with Crippen LogP contribution < -0.4 is 5.32 Å². The number of phenols is 1. The first-order valence-corrected chi connectivity index (χ1v) is 6.60. The van der Waals surface area contributed by atoms with E-state index in [0.29, 0.717) is 5.56 Å². The van der Waals surface area contributed by atoms with Gasteiger partial charge in [0.05, 0.1) is 0 Å². The average molecular weight is 292 g/mol. The zero-order chi connectivity index (χ0) is 15.4. The Morgan fingerprint density at radius 1 is 1.00 bits per heavy atom. The van der Waals surface area contributed by atoms with Gasteiger partial charge in [0.25, 0.3) is 0 Å². The molecule has 112 valence electrons. The molecule has 21 heavy (non-hydrogen) atoms. The third-order valence-electron chi connectivity index (χ3n) is 3.03. The largest absolute Gasteiger partial charge is 0.503 e. The van der Waals surface area contributed by atoms with Crippen LogP contribution in [-0.2, 0) is 13.1 Å². The lowest BCUT2D eigenvalue weighted by atomic mass is 10.1. The topological polar surface area (TPSA) is 35.5 Å². The molecule has 2 rings (SSSR count). The molecule has 3 nitrogen and oxygen atoms in total. The second-order valence-corrected chi connectivity index (χ2v) is 5.20. The molecule has 0 saturated carbocycles. The Morgan fingerprint density at radius 3 is 2.10 bits per heavy atom. The molecule has 0 saturated heterocycles. The predicted molar refractivity (Wildman–Crippen MR) is 79.2 cm³/mol. The van der Waals surface area contributed by atoms with Crippen LogP contribution in [0.1, 0.15) is 11.1 Å². The van der Waals surface area contributed by atoms with Crippen LogP contribution in [0.15, 0.2) is 36.4 Å². The van der Waals surface area contributed by atoms with Gasteiger partial charge in [-0.05, 0) is 49.5 Å². The van der Waals surface area contributed by atoms with Crippen molar-refractivity contribution in [3.8, 4) is 5.75 Å². The highest BCUT2D eigenvalue weighted by Gasteiger charge is 2.09. The minimum Gasteiger partial charge on any atom is -0.503 e. The summed E-state index contributed by atoms with van der Waals surface area (Å²) in [5, 5.41) is 12.1. The number of hydrogen-bond donors (Lipinski definition) is 2. The van der Waals surface area contributed by atoms with Gasteiger partial charge in [0.2, 0.25) is 0 Å². The van der Waals surface area contributed by atoms with Gasteiger partial charge in [-0.15, -0.1) is 0 Å². The van der Waals surface area contributed by atoms with E-state index in [9.17, 15) is 8.78 Å². The van der Waals surface area contributed by atoms with Crippen LogP contribution in [0.25, 0.3) is 0 Å². The van der Waals surface area contributed by atoms with Gasteiger partial charge in [-0.3, -0.25) is 0 Å². The Balaban J connectivity index is 2.00. The third-order valence-corrected chi connectivity index (χ3v) is 3.03. The van der Waals surface area contributed by atoms with Crippen LogP contribution in [0.4, 0.5) is 14.5 Å². The highest BCUT2D eigenvalue weighted by molar-refractivity contribution is 5.45. The summed E-state index contributed by atoms with van der Waals surface area (Å²) in [5.41, 5.74) is 2.49. The highest BCUT2D eigenvalue weighted by Crippen LogP contribution is 2.22. The van der Waals surface area contributed by atoms with E-state index in [0.717, 1.165) is 24.4 Å². The quantitative estimate of drug-likeness (QED) is 0.887. The van der Waals surface area contributed by atoms with E-state index in [4.69, 9.17) is 5.11 Å². The first kappa shape index (κ1) is 15.3. The molecule has 0 aliphatic carbocycles. The fraction of sp³-hybridized carbons (Fsp3) is 0.250. The van der Waals surface area contributed by atoms with Gasteiger partial charge in [0, 0.05) is 18.8 Å². The number of halogens is 2. The maximum Gasteiger partial charge on any atom is 0.187 e. The number of hydrogen-bond acceptors (Lipinski definition) is 3. The summed E-state index contributed by atoms with van der Waals surface area (Å²) in [6.07, 6.45) is 0. The first-order valence-electron chi connectivity index (χ1n) is 6.60. The monoisotopic (exact) mass is 292 g/mol. The molecule has 0 unspecified atom stereocenters. The maximum absolute atomic E-state index is 13.2. The minimum absolute atomic E-state index is 0.279. The number of phenolic OH excluding ortho intramolecular Hbond substituents is 1. The van der Waals surface area contributed by atoms with Crippen LogP contribution in [0.5, 0.6) is 5.75 Å². The van der Waals surface area contributed by atoms with Gasteiger partial charge < -0.3 is 15.3 Å². The van der Waals surface area contributed by atoms with E-state index >= 15 is 0 Å². The van der Waals surface area contributed by atoms with E-state index in [1.807, 2.05) is 38.4 Å². The van der Waals surface area contributed by atoms with Gasteiger partial charge in [-0.1, -0.05) is 12.1 Å².